The number of pyridine rings is 1. The van der Waals surface area contributed by atoms with Gasteiger partial charge in [0.25, 0.3) is 0 Å². The number of carbonyl (C=O) groups is 1. The number of rotatable bonds is 10. The molecule has 1 aromatic carbocycles. The Bertz CT molecular complexity index is 752. The summed E-state index contributed by atoms with van der Waals surface area (Å²) in [6.07, 6.45) is 2.96. The summed E-state index contributed by atoms with van der Waals surface area (Å²) < 4.78 is 0.445. The lowest BCUT2D eigenvalue weighted by Gasteiger charge is -2.31. The first-order valence-corrected chi connectivity index (χ1v) is 10.4. The van der Waals surface area contributed by atoms with Crippen molar-refractivity contribution in [1.82, 2.24) is 9.88 Å². The minimum Gasteiger partial charge on any atom is -0.508 e. The standard InChI is InChI=1S/C19H26IN3O3/c1-3-23(4-2)11-5-9-19(13-20,18(25)26)22-16-8-10-21-17-12-14(24)6-7-15(16)17/h6-8,10,12,24H,3-5,9,11,13H2,1-2H3,(H,21,22)(H,25,26). The largest absolute Gasteiger partial charge is 0.508 e. The van der Waals surface area contributed by atoms with Crippen molar-refractivity contribution in [2.75, 3.05) is 29.4 Å². The Hall–Kier alpha value is -1.61. The summed E-state index contributed by atoms with van der Waals surface area (Å²) in [4.78, 5) is 18.7. The molecule has 0 aliphatic rings. The molecule has 2 aromatic rings. The number of carboxylic acid groups (broad SMARTS) is 1. The normalized spacial score (nSPS) is 13.7. The molecular weight excluding hydrogens is 445 g/mol. The summed E-state index contributed by atoms with van der Waals surface area (Å²) >= 11 is 2.14. The number of fused-ring (bicyclic) bond motifs is 1. The molecule has 0 saturated heterocycles. The molecule has 1 unspecified atom stereocenters. The van der Waals surface area contributed by atoms with Crippen LogP contribution in [0.3, 0.4) is 0 Å². The molecule has 1 aromatic heterocycles. The van der Waals surface area contributed by atoms with Crippen molar-refractivity contribution in [3.05, 3.63) is 30.5 Å². The van der Waals surface area contributed by atoms with Crippen LogP contribution in [0.2, 0.25) is 0 Å². The Labute approximate surface area is 167 Å². The number of nitrogens with zero attached hydrogens (tertiary/aromatic N) is 2. The average molecular weight is 471 g/mol. The van der Waals surface area contributed by atoms with E-state index in [1.54, 1.807) is 30.5 Å². The van der Waals surface area contributed by atoms with Gasteiger partial charge in [-0.25, -0.2) is 4.79 Å². The number of benzene rings is 1. The van der Waals surface area contributed by atoms with Gasteiger partial charge in [-0.2, -0.15) is 0 Å². The molecule has 0 fully saturated rings. The van der Waals surface area contributed by atoms with Crippen LogP contribution in [0.4, 0.5) is 5.69 Å². The second kappa shape index (κ2) is 9.36. The smallest absolute Gasteiger partial charge is 0.330 e. The molecule has 7 heteroatoms. The van der Waals surface area contributed by atoms with Crippen LogP contribution >= 0.6 is 22.6 Å². The van der Waals surface area contributed by atoms with E-state index in [0.717, 1.165) is 37.1 Å². The Morgan fingerprint density at radius 1 is 1.31 bits per heavy atom. The van der Waals surface area contributed by atoms with Crippen molar-refractivity contribution >= 4 is 45.2 Å². The van der Waals surface area contributed by atoms with E-state index in [1.165, 1.54) is 0 Å². The van der Waals surface area contributed by atoms with Crippen LogP contribution in [-0.4, -0.2) is 55.7 Å². The lowest BCUT2D eigenvalue weighted by molar-refractivity contribution is -0.141. The van der Waals surface area contributed by atoms with Gasteiger partial charge in [0.15, 0.2) is 0 Å². The quantitative estimate of drug-likeness (QED) is 0.362. The topological polar surface area (TPSA) is 85.7 Å². The molecular formula is C19H26IN3O3. The molecule has 0 radical (unpaired) electrons. The van der Waals surface area contributed by atoms with E-state index in [-0.39, 0.29) is 5.75 Å². The fourth-order valence-corrected chi connectivity index (χ4v) is 3.93. The molecule has 0 aliphatic carbocycles. The molecule has 0 spiro atoms. The van der Waals surface area contributed by atoms with Crippen LogP contribution in [0.1, 0.15) is 26.7 Å². The SMILES string of the molecule is CCN(CC)CCCC(CI)(Nc1ccnc2cc(O)ccc12)C(=O)O. The van der Waals surface area contributed by atoms with Crippen LogP contribution in [0.25, 0.3) is 10.9 Å². The van der Waals surface area contributed by atoms with Gasteiger partial charge in [0.1, 0.15) is 11.3 Å². The molecule has 3 N–H and O–H groups in total. The zero-order valence-corrected chi connectivity index (χ0v) is 17.4. The summed E-state index contributed by atoms with van der Waals surface area (Å²) in [6.45, 7) is 7.04. The fourth-order valence-electron chi connectivity index (χ4n) is 3.03. The maximum Gasteiger partial charge on any atom is 0.330 e. The van der Waals surface area contributed by atoms with Crippen LogP contribution < -0.4 is 5.32 Å². The molecule has 1 heterocycles. The van der Waals surface area contributed by atoms with Crippen molar-refractivity contribution < 1.29 is 15.0 Å². The number of aromatic nitrogens is 1. The maximum absolute atomic E-state index is 12.1. The van der Waals surface area contributed by atoms with Crippen LogP contribution in [0.15, 0.2) is 30.5 Å². The summed E-state index contributed by atoms with van der Waals surface area (Å²) in [5.41, 5.74) is 0.308. The number of carboxylic acids is 1. The number of aliphatic carboxylic acids is 1. The van der Waals surface area contributed by atoms with Crippen molar-refractivity contribution in [3.63, 3.8) is 0 Å². The Kier molecular flexibility index (Phi) is 7.45. The summed E-state index contributed by atoms with van der Waals surface area (Å²) in [5, 5.41) is 23.6. The Morgan fingerprint density at radius 3 is 2.65 bits per heavy atom. The number of hydrogen-bond donors (Lipinski definition) is 3. The molecule has 142 valence electrons. The minimum atomic E-state index is -1.04. The van der Waals surface area contributed by atoms with Crippen LogP contribution in [0.5, 0.6) is 5.75 Å². The lowest BCUT2D eigenvalue weighted by atomic mass is 9.94. The molecule has 0 aliphatic heterocycles. The number of aromatic hydroxyl groups is 1. The summed E-state index contributed by atoms with van der Waals surface area (Å²) in [7, 11) is 0. The predicted molar refractivity (Wildman–Crippen MR) is 113 cm³/mol. The number of phenolic OH excluding ortho intramolecular Hbond substituents is 1. The second-order valence-electron chi connectivity index (χ2n) is 6.34. The van der Waals surface area contributed by atoms with Crippen molar-refractivity contribution in [3.8, 4) is 5.75 Å². The minimum absolute atomic E-state index is 0.139. The summed E-state index contributed by atoms with van der Waals surface area (Å²) in [6, 6.07) is 6.71. The van der Waals surface area contributed by atoms with Gasteiger partial charge in [0.05, 0.1) is 5.52 Å². The van der Waals surface area contributed by atoms with Crippen molar-refractivity contribution in [2.45, 2.75) is 32.2 Å². The van der Waals surface area contributed by atoms with E-state index in [1.807, 2.05) is 0 Å². The van der Waals surface area contributed by atoms with Crippen molar-refractivity contribution in [1.29, 1.82) is 0 Å². The predicted octanol–water partition coefficient (Wildman–Crippen LogP) is 3.73. The highest BCUT2D eigenvalue weighted by Gasteiger charge is 2.37. The van der Waals surface area contributed by atoms with E-state index in [0.29, 0.717) is 16.4 Å². The van der Waals surface area contributed by atoms with E-state index in [4.69, 9.17) is 0 Å². The monoisotopic (exact) mass is 471 g/mol. The number of phenols is 1. The highest BCUT2D eigenvalue weighted by atomic mass is 127. The van der Waals surface area contributed by atoms with Gasteiger partial charge in [-0.3, -0.25) is 4.98 Å². The molecule has 2 rings (SSSR count). The Morgan fingerprint density at radius 2 is 2.04 bits per heavy atom. The molecule has 0 saturated carbocycles. The maximum atomic E-state index is 12.1. The number of hydrogen-bond acceptors (Lipinski definition) is 5. The van der Waals surface area contributed by atoms with Gasteiger partial charge in [0.2, 0.25) is 0 Å². The van der Waals surface area contributed by atoms with Gasteiger partial charge < -0.3 is 20.4 Å². The van der Waals surface area contributed by atoms with Gasteiger partial charge in [-0.05, 0) is 50.7 Å². The number of anilines is 1. The molecule has 26 heavy (non-hydrogen) atoms. The first-order valence-electron chi connectivity index (χ1n) is 8.83. The van der Waals surface area contributed by atoms with Crippen LogP contribution in [0, 0.1) is 0 Å². The van der Waals surface area contributed by atoms with E-state index >= 15 is 0 Å². The first kappa shape index (κ1) is 20.7. The van der Waals surface area contributed by atoms with Gasteiger partial charge >= 0.3 is 5.97 Å². The highest BCUT2D eigenvalue weighted by molar-refractivity contribution is 14.1. The third-order valence-corrected chi connectivity index (χ3v) is 6.01. The van der Waals surface area contributed by atoms with Gasteiger partial charge in [0, 0.05) is 27.8 Å². The average Bonchev–Trinajstić information content (AvgIpc) is 2.64. The van der Waals surface area contributed by atoms with E-state index in [9.17, 15) is 15.0 Å². The summed E-state index contributed by atoms with van der Waals surface area (Å²) in [5.74, 6) is -0.713. The van der Waals surface area contributed by atoms with Gasteiger partial charge in [-0.1, -0.05) is 36.4 Å². The highest BCUT2D eigenvalue weighted by Crippen LogP contribution is 2.30. The van der Waals surface area contributed by atoms with Crippen LogP contribution in [-0.2, 0) is 4.79 Å². The van der Waals surface area contributed by atoms with Gasteiger partial charge in [-0.15, -0.1) is 0 Å². The van der Waals surface area contributed by atoms with E-state index in [2.05, 4.69) is 51.6 Å². The fraction of sp³-hybridized carbons (Fsp3) is 0.474. The number of nitrogens with one attached hydrogen (secondary N) is 1. The zero-order chi connectivity index (χ0) is 19.2. The zero-order valence-electron chi connectivity index (χ0n) is 15.2. The molecule has 0 amide bonds. The first-order chi connectivity index (χ1) is 12.5. The second-order valence-corrected chi connectivity index (χ2v) is 7.10. The van der Waals surface area contributed by atoms with E-state index < -0.39 is 11.5 Å². The third-order valence-electron chi connectivity index (χ3n) is 4.71. The number of halogens is 1. The third kappa shape index (κ3) is 4.76. The molecule has 0 bridgehead atoms. The van der Waals surface area contributed by atoms with Crippen molar-refractivity contribution in [2.24, 2.45) is 0 Å². The lowest BCUT2D eigenvalue weighted by Crippen LogP contribution is -2.48. The number of alkyl halides is 1. The molecule has 6 nitrogen and oxygen atoms in total. The Balaban J connectivity index is 2.26. The molecule has 1 atom stereocenters.